The van der Waals surface area contributed by atoms with Crippen molar-refractivity contribution in [1.82, 2.24) is 5.32 Å². The Labute approximate surface area is 116 Å². The molecule has 1 aromatic rings. The van der Waals surface area contributed by atoms with Crippen molar-refractivity contribution in [3.05, 3.63) is 29.6 Å². The van der Waals surface area contributed by atoms with Crippen molar-refractivity contribution in [1.29, 1.82) is 0 Å². The third-order valence-electron chi connectivity index (χ3n) is 3.19. The van der Waals surface area contributed by atoms with Crippen LogP contribution < -0.4 is 10.2 Å². The molecule has 1 aromatic carbocycles. The minimum absolute atomic E-state index is 0.0237. The van der Waals surface area contributed by atoms with Crippen molar-refractivity contribution < 1.29 is 17.6 Å². The van der Waals surface area contributed by atoms with Crippen LogP contribution in [-0.2, 0) is 0 Å². The van der Waals surface area contributed by atoms with Gasteiger partial charge in [0.1, 0.15) is 12.4 Å². The average Bonchev–Trinajstić information content (AvgIpc) is 2.34. The van der Waals surface area contributed by atoms with E-state index in [1.807, 2.05) is 6.92 Å². The Hall–Kier alpha value is -1.30. The summed E-state index contributed by atoms with van der Waals surface area (Å²) in [7, 11) is 1.74. The first-order chi connectivity index (χ1) is 9.15. The van der Waals surface area contributed by atoms with Gasteiger partial charge in [0.15, 0.2) is 0 Å². The van der Waals surface area contributed by atoms with Crippen LogP contribution in [0, 0.1) is 5.82 Å². The normalized spacial score (nSPS) is 13.7. The predicted octanol–water partition coefficient (Wildman–Crippen LogP) is 3.88. The molecule has 0 saturated carbocycles. The smallest absolute Gasteiger partial charge is 0.358 e. The summed E-state index contributed by atoms with van der Waals surface area (Å²) in [6, 6.07) is 3.82. The zero-order valence-electron chi connectivity index (χ0n) is 12.1. The molecular weight excluding hydrogens is 272 g/mol. The first-order valence-electron chi connectivity index (χ1n) is 6.45. The molecule has 0 heterocycles. The summed E-state index contributed by atoms with van der Waals surface area (Å²) in [6.45, 7) is 3.90. The lowest BCUT2D eigenvalue weighted by Crippen LogP contribution is -2.39. The molecule has 2 nitrogen and oxygen atoms in total. The third kappa shape index (κ3) is 4.37. The maximum Gasteiger partial charge on any atom is 0.405 e. The van der Waals surface area contributed by atoms with Crippen LogP contribution in [-0.4, -0.2) is 25.8 Å². The Morgan fingerprint density at radius 3 is 2.20 bits per heavy atom. The van der Waals surface area contributed by atoms with Gasteiger partial charge in [0.05, 0.1) is 5.69 Å². The van der Waals surface area contributed by atoms with Crippen molar-refractivity contribution in [3.63, 3.8) is 0 Å². The maximum atomic E-state index is 14.1. The van der Waals surface area contributed by atoms with Crippen LogP contribution in [0.25, 0.3) is 0 Å². The molecule has 1 atom stereocenters. The Bertz CT molecular complexity index is 443. The van der Waals surface area contributed by atoms with Crippen LogP contribution in [0.2, 0.25) is 0 Å². The number of halogens is 4. The lowest BCUT2D eigenvalue weighted by Gasteiger charge is -2.30. The standard InChI is InChI=1S/C14H20F4N2/c1-9(2)20(8-14(16,17)18)13-6-5-11(7-12(13)15)10(3)19-4/h5-7,9-10,19H,8H2,1-4H3. The number of alkyl halides is 3. The largest absolute Gasteiger partial charge is 0.405 e. The average molecular weight is 292 g/mol. The number of benzene rings is 1. The molecule has 20 heavy (non-hydrogen) atoms. The van der Waals surface area contributed by atoms with Crippen molar-refractivity contribution in [3.8, 4) is 0 Å². The highest BCUT2D eigenvalue weighted by Gasteiger charge is 2.33. The van der Waals surface area contributed by atoms with Gasteiger partial charge in [-0.05, 0) is 45.5 Å². The minimum atomic E-state index is -4.37. The molecule has 0 amide bonds. The van der Waals surface area contributed by atoms with E-state index in [9.17, 15) is 17.6 Å². The monoisotopic (exact) mass is 292 g/mol. The van der Waals surface area contributed by atoms with Crippen LogP contribution in [0.5, 0.6) is 0 Å². The molecule has 0 aliphatic heterocycles. The van der Waals surface area contributed by atoms with Crippen LogP contribution in [0.3, 0.4) is 0 Å². The number of rotatable bonds is 5. The van der Waals surface area contributed by atoms with E-state index < -0.39 is 24.6 Å². The summed E-state index contributed by atoms with van der Waals surface area (Å²) in [5.41, 5.74) is 0.675. The molecule has 1 rings (SSSR count). The summed E-state index contributed by atoms with van der Waals surface area (Å²) >= 11 is 0. The van der Waals surface area contributed by atoms with Gasteiger partial charge in [0.25, 0.3) is 0 Å². The molecule has 0 saturated heterocycles. The number of nitrogens with one attached hydrogen (secondary N) is 1. The number of hydrogen-bond donors (Lipinski definition) is 1. The molecule has 0 aromatic heterocycles. The second-order valence-electron chi connectivity index (χ2n) is 5.06. The highest BCUT2D eigenvalue weighted by Crippen LogP contribution is 2.28. The maximum absolute atomic E-state index is 14.1. The van der Waals surface area contributed by atoms with Gasteiger partial charge in [-0.2, -0.15) is 13.2 Å². The van der Waals surface area contributed by atoms with Gasteiger partial charge in [-0.15, -0.1) is 0 Å². The fourth-order valence-corrected chi connectivity index (χ4v) is 1.93. The Morgan fingerprint density at radius 1 is 1.20 bits per heavy atom. The quantitative estimate of drug-likeness (QED) is 0.828. The van der Waals surface area contributed by atoms with Crippen molar-refractivity contribution in [2.75, 3.05) is 18.5 Å². The molecule has 114 valence electrons. The third-order valence-corrected chi connectivity index (χ3v) is 3.19. The zero-order valence-corrected chi connectivity index (χ0v) is 12.1. The highest BCUT2D eigenvalue weighted by molar-refractivity contribution is 5.50. The molecule has 0 bridgehead atoms. The molecule has 0 radical (unpaired) electrons. The molecule has 0 fully saturated rings. The van der Waals surface area contributed by atoms with Crippen LogP contribution in [0.1, 0.15) is 32.4 Å². The van der Waals surface area contributed by atoms with E-state index in [1.54, 1.807) is 27.0 Å². The molecule has 0 aliphatic carbocycles. The second kappa shape index (κ2) is 6.43. The van der Waals surface area contributed by atoms with Crippen molar-refractivity contribution in [2.45, 2.75) is 39.0 Å². The molecular formula is C14H20F4N2. The lowest BCUT2D eigenvalue weighted by molar-refractivity contribution is -0.120. The van der Waals surface area contributed by atoms with Crippen molar-refractivity contribution in [2.24, 2.45) is 0 Å². The fraction of sp³-hybridized carbons (Fsp3) is 0.571. The second-order valence-corrected chi connectivity index (χ2v) is 5.06. The number of hydrogen-bond acceptors (Lipinski definition) is 2. The van der Waals surface area contributed by atoms with E-state index in [-0.39, 0.29) is 11.7 Å². The Morgan fingerprint density at radius 2 is 1.80 bits per heavy atom. The lowest BCUT2D eigenvalue weighted by atomic mass is 10.1. The summed E-state index contributed by atoms with van der Waals surface area (Å²) in [5, 5.41) is 2.96. The van der Waals surface area contributed by atoms with Gasteiger partial charge in [0.2, 0.25) is 0 Å². The SMILES string of the molecule is CNC(C)c1ccc(N(CC(F)(F)F)C(C)C)c(F)c1. The Balaban J connectivity index is 3.09. The van der Waals surface area contributed by atoms with Crippen LogP contribution in [0.4, 0.5) is 23.2 Å². The highest BCUT2D eigenvalue weighted by atomic mass is 19.4. The summed E-state index contributed by atoms with van der Waals surface area (Å²) < 4.78 is 51.8. The van der Waals surface area contributed by atoms with Gasteiger partial charge >= 0.3 is 6.18 Å². The molecule has 6 heteroatoms. The first-order valence-corrected chi connectivity index (χ1v) is 6.45. The van der Waals surface area contributed by atoms with E-state index in [1.165, 1.54) is 12.1 Å². The minimum Gasteiger partial charge on any atom is -0.358 e. The van der Waals surface area contributed by atoms with Gasteiger partial charge in [-0.25, -0.2) is 4.39 Å². The zero-order chi connectivity index (χ0) is 15.5. The van der Waals surface area contributed by atoms with E-state index >= 15 is 0 Å². The Kier molecular flexibility index (Phi) is 5.39. The summed E-state index contributed by atoms with van der Waals surface area (Å²) in [4.78, 5) is 1.02. The predicted molar refractivity (Wildman–Crippen MR) is 72.4 cm³/mol. The van der Waals surface area contributed by atoms with Gasteiger partial charge in [-0.1, -0.05) is 6.07 Å². The van der Waals surface area contributed by atoms with Crippen LogP contribution >= 0.6 is 0 Å². The van der Waals surface area contributed by atoms with Crippen LogP contribution in [0.15, 0.2) is 18.2 Å². The van der Waals surface area contributed by atoms with E-state index in [4.69, 9.17) is 0 Å². The molecule has 0 aliphatic rings. The molecule has 1 unspecified atom stereocenters. The van der Waals surface area contributed by atoms with E-state index in [0.717, 1.165) is 4.90 Å². The van der Waals surface area contributed by atoms with Gasteiger partial charge < -0.3 is 10.2 Å². The molecule has 1 N–H and O–H groups in total. The van der Waals surface area contributed by atoms with Gasteiger partial charge in [-0.3, -0.25) is 0 Å². The van der Waals surface area contributed by atoms with E-state index in [0.29, 0.717) is 5.56 Å². The summed E-state index contributed by atoms with van der Waals surface area (Å²) in [6.07, 6.45) is -4.37. The molecule has 0 spiro atoms. The topological polar surface area (TPSA) is 15.3 Å². The number of nitrogens with zero attached hydrogens (tertiary/aromatic N) is 1. The number of anilines is 1. The van der Waals surface area contributed by atoms with Gasteiger partial charge in [0, 0.05) is 12.1 Å². The first kappa shape index (κ1) is 16.8. The summed E-state index contributed by atoms with van der Waals surface area (Å²) in [5.74, 6) is -0.637. The van der Waals surface area contributed by atoms with E-state index in [2.05, 4.69) is 5.32 Å². The van der Waals surface area contributed by atoms with Crippen molar-refractivity contribution >= 4 is 5.69 Å². The fourth-order valence-electron chi connectivity index (χ4n) is 1.93.